The zero-order chi connectivity index (χ0) is 51.5. The first-order valence-corrected chi connectivity index (χ1v) is 24.0. The van der Waals surface area contributed by atoms with Crippen molar-refractivity contribution in [2.75, 3.05) is 20.7 Å². The van der Waals surface area contributed by atoms with E-state index in [2.05, 4.69) is 0 Å². The molecule has 0 spiro atoms. The van der Waals surface area contributed by atoms with E-state index < -0.39 is 23.9 Å². The van der Waals surface area contributed by atoms with E-state index in [9.17, 15) is 14.4 Å². The van der Waals surface area contributed by atoms with E-state index in [0.29, 0.717) is 12.2 Å². The van der Waals surface area contributed by atoms with Gasteiger partial charge in [0.25, 0.3) is 0 Å². The molecule has 0 amide bonds. The Morgan fingerprint density at radius 3 is 1.34 bits per heavy atom. The van der Waals surface area contributed by atoms with Crippen LogP contribution in [0, 0.1) is 0 Å². The maximum atomic E-state index is 15.6. The number of nitrogens with zero attached hydrogens (tertiary/aromatic N) is 1. The Labute approximate surface area is 430 Å². The van der Waals surface area contributed by atoms with Gasteiger partial charge in [0.1, 0.15) is 68.2 Å². The van der Waals surface area contributed by atoms with Gasteiger partial charge in [-0.05, 0) is 90.3 Å². The van der Waals surface area contributed by atoms with Crippen LogP contribution in [0.5, 0.6) is 23.0 Å². The smallest absolute Gasteiger partial charge is 0.488 e. The number of hydrogen-bond donors (Lipinski definition) is 0. The third kappa shape index (κ3) is 14.6. The van der Waals surface area contributed by atoms with Gasteiger partial charge >= 0.3 is 18.1 Å². The number of benzene rings is 8. The van der Waals surface area contributed by atoms with Crippen molar-refractivity contribution in [3.05, 3.63) is 262 Å². The number of carbonyl (C=O) groups excluding carboxylic acids is 4. The highest BCUT2D eigenvalue weighted by atomic mass is 16.7. The third-order valence-electron chi connectivity index (χ3n) is 11.9. The van der Waals surface area contributed by atoms with E-state index in [1.165, 1.54) is 18.2 Å². The summed E-state index contributed by atoms with van der Waals surface area (Å²) in [5.41, 5.74) is 4.80. The Morgan fingerprint density at radius 1 is 0.419 bits per heavy atom. The normalized spacial score (nSPS) is 11.2. The predicted molar refractivity (Wildman–Crippen MR) is 279 cm³/mol. The van der Waals surface area contributed by atoms with Gasteiger partial charge in [0.15, 0.2) is 0 Å². The van der Waals surface area contributed by atoms with Crippen molar-refractivity contribution in [2.24, 2.45) is 0 Å². The van der Waals surface area contributed by atoms with Crippen LogP contribution in [0.25, 0.3) is 0 Å². The van der Waals surface area contributed by atoms with E-state index in [-0.39, 0.29) is 85.2 Å². The predicted octanol–water partition coefficient (Wildman–Crippen LogP) is 12.1. The first-order chi connectivity index (χ1) is 36.2. The molecule has 0 aliphatic carbocycles. The molecule has 8 aromatic rings. The molecule has 12 heteroatoms. The standard InChI is InChI=1S/C62H55NO11/c1-63(2)51(35-44-31-33-52(34-32-44)74-62(67)73-42-49-27-16-7-17-28-49)43-72-60(65)50-36-55(69-39-46-21-10-4-11-22-46)58(56(37-50)70-40-47-23-12-5-13-24-47)59(64)57-53(61(66)71-41-48-25-14-6-15-26-48)29-18-30-54(57)68-38-45-19-8-3-9-20-45/h3-34,36-37,51H,35,38-43H2,1-2H3. The molecular formula is C62H55NO11. The number of likely N-dealkylation sites (N-methyl/N-ethyl adjacent to an activating group) is 1. The van der Waals surface area contributed by atoms with Gasteiger partial charge in [0.2, 0.25) is 5.78 Å². The topological polar surface area (TPSA) is 136 Å². The second-order valence-electron chi connectivity index (χ2n) is 17.4. The molecule has 0 bridgehead atoms. The van der Waals surface area contributed by atoms with Crippen molar-refractivity contribution < 1.29 is 52.3 Å². The lowest BCUT2D eigenvalue weighted by molar-refractivity contribution is 0.0398. The lowest BCUT2D eigenvalue weighted by Gasteiger charge is -2.24. The van der Waals surface area contributed by atoms with Gasteiger partial charge in [0, 0.05) is 6.04 Å². The monoisotopic (exact) mass is 989 g/mol. The lowest BCUT2D eigenvalue weighted by atomic mass is 9.94. The summed E-state index contributed by atoms with van der Waals surface area (Å²) in [6, 6.07) is 61.2. The fourth-order valence-electron chi connectivity index (χ4n) is 7.80. The number of rotatable bonds is 23. The molecule has 0 saturated carbocycles. The second kappa shape index (κ2) is 25.9. The van der Waals surface area contributed by atoms with Crippen LogP contribution >= 0.6 is 0 Å². The molecular weight excluding hydrogens is 935 g/mol. The first-order valence-electron chi connectivity index (χ1n) is 24.0. The number of ether oxygens (including phenoxy) is 7. The van der Waals surface area contributed by atoms with Gasteiger partial charge in [-0.3, -0.25) is 4.79 Å². The van der Waals surface area contributed by atoms with Crippen LogP contribution in [-0.4, -0.2) is 55.5 Å². The van der Waals surface area contributed by atoms with Gasteiger partial charge in [-0.15, -0.1) is 0 Å². The molecule has 374 valence electrons. The molecule has 0 aliphatic heterocycles. The second-order valence-corrected chi connectivity index (χ2v) is 17.4. The average Bonchev–Trinajstić information content (AvgIpc) is 3.44. The molecule has 0 heterocycles. The molecule has 0 aromatic heterocycles. The van der Waals surface area contributed by atoms with E-state index >= 15 is 4.79 Å². The van der Waals surface area contributed by atoms with Crippen molar-refractivity contribution >= 4 is 23.9 Å². The quantitative estimate of drug-likeness (QED) is 0.0261. The molecule has 8 aromatic carbocycles. The van der Waals surface area contributed by atoms with Crippen LogP contribution in [0.15, 0.2) is 206 Å². The first kappa shape index (κ1) is 51.4. The van der Waals surface area contributed by atoms with E-state index in [1.807, 2.05) is 183 Å². The molecule has 8 rings (SSSR count). The van der Waals surface area contributed by atoms with Crippen LogP contribution < -0.4 is 18.9 Å². The summed E-state index contributed by atoms with van der Waals surface area (Å²) in [7, 11) is 3.77. The third-order valence-corrected chi connectivity index (χ3v) is 11.9. The Morgan fingerprint density at radius 2 is 0.865 bits per heavy atom. The highest BCUT2D eigenvalue weighted by molar-refractivity contribution is 6.19. The molecule has 0 saturated heterocycles. The van der Waals surface area contributed by atoms with Crippen molar-refractivity contribution in [3.63, 3.8) is 0 Å². The zero-order valence-corrected chi connectivity index (χ0v) is 41.1. The molecule has 74 heavy (non-hydrogen) atoms. The van der Waals surface area contributed by atoms with Crippen LogP contribution in [0.4, 0.5) is 4.79 Å². The van der Waals surface area contributed by atoms with E-state index in [1.54, 1.807) is 24.3 Å². The van der Waals surface area contributed by atoms with Gasteiger partial charge in [0.05, 0.1) is 16.7 Å². The van der Waals surface area contributed by atoms with Crippen LogP contribution in [-0.2, 0) is 53.7 Å². The van der Waals surface area contributed by atoms with E-state index in [4.69, 9.17) is 33.2 Å². The largest absolute Gasteiger partial charge is 0.514 e. The Kier molecular flexibility index (Phi) is 18.0. The average molecular weight is 990 g/mol. The fourth-order valence-corrected chi connectivity index (χ4v) is 7.80. The number of ketones is 1. The van der Waals surface area contributed by atoms with Gasteiger partial charge in [-0.2, -0.15) is 0 Å². The minimum atomic E-state index is -0.819. The summed E-state index contributed by atoms with van der Waals surface area (Å²) in [6.45, 7) is 0.135. The summed E-state index contributed by atoms with van der Waals surface area (Å²) < 4.78 is 41.9. The molecule has 0 fully saturated rings. The Hall–Kier alpha value is -9.00. The fraction of sp³-hybridized carbons (Fsp3) is 0.161. The number of esters is 2. The molecule has 12 nitrogen and oxygen atoms in total. The molecule has 0 aliphatic rings. The van der Waals surface area contributed by atoms with Gasteiger partial charge < -0.3 is 38.1 Å². The van der Waals surface area contributed by atoms with Crippen LogP contribution in [0.3, 0.4) is 0 Å². The highest BCUT2D eigenvalue weighted by Gasteiger charge is 2.31. The minimum Gasteiger partial charge on any atom is -0.488 e. The summed E-state index contributed by atoms with van der Waals surface area (Å²) in [5.74, 6) is -1.65. The van der Waals surface area contributed by atoms with Crippen molar-refractivity contribution in [2.45, 2.75) is 45.5 Å². The van der Waals surface area contributed by atoms with Crippen LogP contribution in [0.2, 0.25) is 0 Å². The summed E-state index contributed by atoms with van der Waals surface area (Å²) >= 11 is 0. The summed E-state index contributed by atoms with van der Waals surface area (Å²) in [5, 5.41) is 0. The Bertz CT molecular complexity index is 3030. The lowest BCUT2D eigenvalue weighted by Crippen LogP contribution is -2.35. The SMILES string of the molecule is CN(C)C(COC(=O)c1cc(OCc2ccccc2)c(C(=O)c2c(OCc3ccccc3)cccc2C(=O)OCc2ccccc2)c(OCc2ccccc2)c1)Cc1ccc(OC(=O)OCc2ccccc2)cc1. The number of hydrogen-bond acceptors (Lipinski definition) is 12. The van der Waals surface area contributed by atoms with E-state index in [0.717, 1.165) is 33.4 Å². The molecule has 0 N–H and O–H groups in total. The molecule has 1 atom stereocenters. The highest BCUT2D eigenvalue weighted by Crippen LogP contribution is 2.38. The van der Waals surface area contributed by atoms with Crippen molar-refractivity contribution in [1.82, 2.24) is 4.90 Å². The zero-order valence-electron chi connectivity index (χ0n) is 41.1. The summed E-state index contributed by atoms with van der Waals surface area (Å²) in [6.07, 6.45) is -0.341. The maximum absolute atomic E-state index is 15.6. The van der Waals surface area contributed by atoms with Crippen LogP contribution in [0.1, 0.15) is 70.0 Å². The number of carbonyl (C=O) groups is 4. The molecule has 0 radical (unpaired) electrons. The van der Waals surface area contributed by atoms with Gasteiger partial charge in [-0.1, -0.05) is 170 Å². The maximum Gasteiger partial charge on any atom is 0.514 e. The van der Waals surface area contributed by atoms with Crippen molar-refractivity contribution in [1.29, 1.82) is 0 Å². The minimum absolute atomic E-state index is 0.00763. The van der Waals surface area contributed by atoms with Gasteiger partial charge in [-0.25, -0.2) is 14.4 Å². The summed E-state index contributed by atoms with van der Waals surface area (Å²) in [4.78, 5) is 58.5. The van der Waals surface area contributed by atoms with Crippen molar-refractivity contribution in [3.8, 4) is 23.0 Å². The Balaban J connectivity index is 1.10. The molecule has 1 unspecified atom stereocenters.